The molecule has 3 heteroatoms. The Morgan fingerprint density at radius 1 is 1.38 bits per heavy atom. The summed E-state index contributed by atoms with van der Waals surface area (Å²) in [5.74, 6) is 0. The molecule has 0 radical (unpaired) electrons. The van der Waals surface area contributed by atoms with Gasteiger partial charge in [-0.25, -0.2) is 0 Å². The summed E-state index contributed by atoms with van der Waals surface area (Å²) in [7, 11) is 0. The van der Waals surface area contributed by atoms with Gasteiger partial charge in [0.2, 0.25) is 0 Å². The van der Waals surface area contributed by atoms with E-state index in [0.717, 1.165) is 32.2 Å². The maximum Gasteiger partial charge on any atom is 0.0622 e. The summed E-state index contributed by atoms with van der Waals surface area (Å²) in [5, 5.41) is 0. The lowest BCUT2D eigenvalue weighted by Crippen LogP contribution is -2.40. The highest BCUT2D eigenvalue weighted by atomic mass is 16.5. The molecule has 2 atom stereocenters. The average Bonchev–Trinajstić information content (AvgIpc) is 2.71. The van der Waals surface area contributed by atoms with Crippen molar-refractivity contribution in [1.82, 2.24) is 4.90 Å². The van der Waals surface area contributed by atoms with Gasteiger partial charge in [-0.15, -0.1) is 0 Å². The van der Waals surface area contributed by atoms with E-state index in [1.54, 1.807) is 0 Å². The monoisotopic (exact) mass is 184 g/mol. The number of nitrogens with two attached hydrogens (primary N) is 1. The maximum atomic E-state index is 5.61. The SMILES string of the molecule is NCCC1CCCN1C1CCOC1. The smallest absolute Gasteiger partial charge is 0.0622 e. The molecule has 0 aliphatic carbocycles. The molecule has 2 aliphatic rings. The van der Waals surface area contributed by atoms with E-state index in [2.05, 4.69) is 4.90 Å². The first-order valence-electron chi connectivity index (χ1n) is 5.45. The Kier molecular flexibility index (Phi) is 3.19. The molecule has 0 amide bonds. The Morgan fingerprint density at radius 3 is 3.00 bits per heavy atom. The van der Waals surface area contributed by atoms with Crippen LogP contribution in [0.5, 0.6) is 0 Å². The van der Waals surface area contributed by atoms with E-state index in [-0.39, 0.29) is 0 Å². The summed E-state index contributed by atoms with van der Waals surface area (Å²) >= 11 is 0. The summed E-state index contributed by atoms with van der Waals surface area (Å²) in [5.41, 5.74) is 5.61. The van der Waals surface area contributed by atoms with Gasteiger partial charge in [-0.3, -0.25) is 4.90 Å². The summed E-state index contributed by atoms with van der Waals surface area (Å²) in [6, 6.07) is 1.44. The number of rotatable bonds is 3. The molecule has 2 rings (SSSR count). The molecule has 2 saturated heterocycles. The second-order valence-electron chi connectivity index (χ2n) is 4.13. The first-order chi connectivity index (χ1) is 6.42. The molecule has 0 aromatic rings. The number of likely N-dealkylation sites (tertiary alicyclic amines) is 1. The third-order valence-electron chi connectivity index (χ3n) is 3.30. The van der Waals surface area contributed by atoms with Gasteiger partial charge in [0.1, 0.15) is 0 Å². The van der Waals surface area contributed by atoms with Crippen LogP contribution in [0.3, 0.4) is 0 Å². The predicted octanol–water partition coefficient (Wildman–Crippen LogP) is 0.589. The highest BCUT2D eigenvalue weighted by molar-refractivity contribution is 4.86. The molecule has 2 fully saturated rings. The third kappa shape index (κ3) is 2.03. The van der Waals surface area contributed by atoms with Gasteiger partial charge in [0.25, 0.3) is 0 Å². The Bertz CT molecular complexity index is 157. The lowest BCUT2D eigenvalue weighted by molar-refractivity contribution is 0.132. The minimum Gasteiger partial charge on any atom is -0.380 e. The van der Waals surface area contributed by atoms with Gasteiger partial charge in [0.05, 0.1) is 6.61 Å². The molecular formula is C10H20N2O. The van der Waals surface area contributed by atoms with Crippen LogP contribution in [0.15, 0.2) is 0 Å². The topological polar surface area (TPSA) is 38.5 Å². The lowest BCUT2D eigenvalue weighted by Gasteiger charge is -2.29. The maximum absolute atomic E-state index is 5.61. The molecule has 2 unspecified atom stereocenters. The Balaban J connectivity index is 1.88. The summed E-state index contributed by atoms with van der Waals surface area (Å²) in [4.78, 5) is 2.62. The minimum absolute atomic E-state index is 0.694. The lowest BCUT2D eigenvalue weighted by atomic mass is 10.1. The van der Waals surface area contributed by atoms with E-state index in [0.29, 0.717) is 6.04 Å². The molecule has 2 N–H and O–H groups in total. The molecule has 0 spiro atoms. The van der Waals surface area contributed by atoms with Crippen molar-refractivity contribution in [1.29, 1.82) is 0 Å². The first kappa shape index (κ1) is 9.44. The molecule has 0 aromatic heterocycles. The molecule has 3 nitrogen and oxygen atoms in total. The zero-order valence-corrected chi connectivity index (χ0v) is 8.24. The van der Waals surface area contributed by atoms with E-state index < -0.39 is 0 Å². The van der Waals surface area contributed by atoms with Crippen LogP contribution in [0.1, 0.15) is 25.7 Å². The molecule has 76 valence electrons. The molecule has 0 aromatic carbocycles. The van der Waals surface area contributed by atoms with Crippen molar-refractivity contribution in [3.8, 4) is 0 Å². The van der Waals surface area contributed by atoms with Gasteiger partial charge in [-0.2, -0.15) is 0 Å². The van der Waals surface area contributed by atoms with E-state index in [1.807, 2.05) is 0 Å². The van der Waals surface area contributed by atoms with Crippen molar-refractivity contribution in [2.75, 3.05) is 26.3 Å². The van der Waals surface area contributed by atoms with Crippen LogP contribution >= 0.6 is 0 Å². The van der Waals surface area contributed by atoms with Gasteiger partial charge in [0.15, 0.2) is 0 Å². The predicted molar refractivity (Wildman–Crippen MR) is 52.6 cm³/mol. The molecule has 0 bridgehead atoms. The number of ether oxygens (including phenoxy) is 1. The zero-order valence-electron chi connectivity index (χ0n) is 8.24. The fraction of sp³-hybridized carbons (Fsp3) is 1.00. The third-order valence-corrected chi connectivity index (χ3v) is 3.30. The van der Waals surface area contributed by atoms with Crippen LogP contribution < -0.4 is 5.73 Å². The van der Waals surface area contributed by atoms with E-state index in [4.69, 9.17) is 10.5 Å². The van der Waals surface area contributed by atoms with Crippen molar-refractivity contribution in [3.63, 3.8) is 0 Å². The second-order valence-corrected chi connectivity index (χ2v) is 4.13. The molecule has 0 saturated carbocycles. The molecule has 2 heterocycles. The highest BCUT2D eigenvalue weighted by Gasteiger charge is 2.31. The standard InChI is InChI=1S/C10H20N2O/c11-5-3-9-2-1-6-12(9)10-4-7-13-8-10/h9-10H,1-8,11H2. The number of hydrogen-bond acceptors (Lipinski definition) is 3. The Hall–Kier alpha value is -0.120. The summed E-state index contributed by atoms with van der Waals surface area (Å²) in [6.07, 6.45) is 5.08. The van der Waals surface area contributed by atoms with Crippen LogP contribution in [0.4, 0.5) is 0 Å². The number of hydrogen-bond donors (Lipinski definition) is 1. The fourth-order valence-corrected chi connectivity index (χ4v) is 2.62. The largest absolute Gasteiger partial charge is 0.380 e. The molecule has 13 heavy (non-hydrogen) atoms. The van der Waals surface area contributed by atoms with Gasteiger partial charge in [-0.05, 0) is 38.8 Å². The average molecular weight is 184 g/mol. The van der Waals surface area contributed by atoms with E-state index in [1.165, 1.54) is 25.8 Å². The van der Waals surface area contributed by atoms with E-state index >= 15 is 0 Å². The summed E-state index contributed by atoms with van der Waals surface area (Å²) < 4.78 is 5.42. The number of nitrogens with zero attached hydrogens (tertiary/aromatic N) is 1. The van der Waals surface area contributed by atoms with Crippen LogP contribution in [0, 0.1) is 0 Å². The van der Waals surface area contributed by atoms with Crippen molar-refractivity contribution < 1.29 is 4.74 Å². The van der Waals surface area contributed by atoms with Gasteiger partial charge < -0.3 is 10.5 Å². The van der Waals surface area contributed by atoms with Crippen molar-refractivity contribution in [2.45, 2.75) is 37.8 Å². The van der Waals surface area contributed by atoms with Gasteiger partial charge >= 0.3 is 0 Å². The van der Waals surface area contributed by atoms with E-state index in [9.17, 15) is 0 Å². The van der Waals surface area contributed by atoms with Crippen LogP contribution in [-0.4, -0.2) is 43.3 Å². The van der Waals surface area contributed by atoms with Gasteiger partial charge in [0, 0.05) is 18.7 Å². The quantitative estimate of drug-likeness (QED) is 0.697. The summed E-state index contributed by atoms with van der Waals surface area (Å²) in [6.45, 7) is 3.99. The minimum atomic E-state index is 0.694. The normalized spacial score (nSPS) is 35.8. The highest BCUT2D eigenvalue weighted by Crippen LogP contribution is 2.25. The van der Waals surface area contributed by atoms with Crippen molar-refractivity contribution >= 4 is 0 Å². The van der Waals surface area contributed by atoms with Crippen LogP contribution in [0.2, 0.25) is 0 Å². The zero-order chi connectivity index (χ0) is 9.10. The second kappa shape index (κ2) is 4.40. The Labute approximate surface area is 80.2 Å². The Morgan fingerprint density at radius 2 is 2.31 bits per heavy atom. The van der Waals surface area contributed by atoms with Gasteiger partial charge in [-0.1, -0.05) is 0 Å². The molecule has 2 aliphatic heterocycles. The first-order valence-corrected chi connectivity index (χ1v) is 5.45. The van der Waals surface area contributed by atoms with Crippen LogP contribution in [-0.2, 0) is 4.74 Å². The fourth-order valence-electron chi connectivity index (χ4n) is 2.62. The molecular weight excluding hydrogens is 164 g/mol. The van der Waals surface area contributed by atoms with Crippen molar-refractivity contribution in [3.05, 3.63) is 0 Å². The van der Waals surface area contributed by atoms with Crippen LogP contribution in [0.25, 0.3) is 0 Å². The van der Waals surface area contributed by atoms with Crippen molar-refractivity contribution in [2.24, 2.45) is 5.73 Å².